The fourth-order valence-corrected chi connectivity index (χ4v) is 1.38. The lowest BCUT2D eigenvalue weighted by Crippen LogP contribution is -2.38. The number of nitrogens with one attached hydrogen (secondary N) is 1. The largest absolute Gasteiger partial charge is 0.468 e. The zero-order chi connectivity index (χ0) is 11.3. The summed E-state index contributed by atoms with van der Waals surface area (Å²) in [4.78, 5) is 0. The second-order valence-electron chi connectivity index (χ2n) is 4.32. The zero-order valence-corrected chi connectivity index (χ0v) is 10.0. The molecule has 3 nitrogen and oxygen atoms in total. The average Bonchev–Trinajstić information content (AvgIpc) is 2.72. The quantitative estimate of drug-likeness (QED) is 0.785. The maximum absolute atomic E-state index is 5.38. The van der Waals surface area contributed by atoms with E-state index in [0.717, 1.165) is 18.7 Å². The molecule has 0 aliphatic carbocycles. The van der Waals surface area contributed by atoms with Crippen molar-refractivity contribution in [3.05, 3.63) is 24.2 Å². The molecule has 0 aliphatic heterocycles. The fourth-order valence-electron chi connectivity index (χ4n) is 1.38. The van der Waals surface area contributed by atoms with Crippen molar-refractivity contribution in [3.8, 4) is 0 Å². The van der Waals surface area contributed by atoms with Crippen LogP contribution in [0.15, 0.2) is 22.8 Å². The molecule has 1 atom stereocenters. The smallest absolute Gasteiger partial charge is 0.120 e. The standard InChI is InChI=1S/C12H21NO2/c1-5-10(11-7-6-8-15-11)13-9-12(2,3)14-4/h6-8,10,13H,5,9H2,1-4H3. The fraction of sp³-hybridized carbons (Fsp3) is 0.667. The molecule has 1 aromatic rings. The molecule has 15 heavy (non-hydrogen) atoms. The molecule has 1 aromatic heterocycles. The summed E-state index contributed by atoms with van der Waals surface area (Å²) in [7, 11) is 1.73. The van der Waals surface area contributed by atoms with Gasteiger partial charge in [0.05, 0.1) is 17.9 Å². The molecular weight excluding hydrogens is 190 g/mol. The summed E-state index contributed by atoms with van der Waals surface area (Å²) in [6.45, 7) is 7.08. The van der Waals surface area contributed by atoms with E-state index < -0.39 is 0 Å². The summed E-state index contributed by atoms with van der Waals surface area (Å²) in [5.41, 5.74) is -0.139. The van der Waals surface area contributed by atoms with Gasteiger partial charge in [-0.25, -0.2) is 0 Å². The molecule has 0 saturated heterocycles. The van der Waals surface area contributed by atoms with Crippen molar-refractivity contribution in [1.82, 2.24) is 5.32 Å². The first-order valence-corrected chi connectivity index (χ1v) is 5.41. The molecule has 86 valence electrons. The van der Waals surface area contributed by atoms with Crippen LogP contribution < -0.4 is 5.32 Å². The van der Waals surface area contributed by atoms with E-state index in [2.05, 4.69) is 26.1 Å². The Morgan fingerprint density at radius 3 is 2.73 bits per heavy atom. The Hall–Kier alpha value is -0.800. The number of rotatable bonds is 6. The van der Waals surface area contributed by atoms with E-state index in [-0.39, 0.29) is 11.6 Å². The molecule has 1 heterocycles. The van der Waals surface area contributed by atoms with Gasteiger partial charge in [0.2, 0.25) is 0 Å². The molecule has 0 fully saturated rings. The van der Waals surface area contributed by atoms with E-state index in [0.29, 0.717) is 0 Å². The van der Waals surface area contributed by atoms with Crippen LogP contribution >= 0.6 is 0 Å². The lowest BCUT2D eigenvalue weighted by atomic mass is 10.1. The van der Waals surface area contributed by atoms with Gasteiger partial charge in [0.25, 0.3) is 0 Å². The lowest BCUT2D eigenvalue weighted by Gasteiger charge is -2.26. The van der Waals surface area contributed by atoms with Crippen molar-refractivity contribution < 1.29 is 9.15 Å². The Bertz CT molecular complexity index is 267. The van der Waals surface area contributed by atoms with Gasteiger partial charge in [0.15, 0.2) is 0 Å². The van der Waals surface area contributed by atoms with Gasteiger partial charge in [-0.2, -0.15) is 0 Å². The van der Waals surface area contributed by atoms with Gasteiger partial charge in [-0.15, -0.1) is 0 Å². The van der Waals surface area contributed by atoms with Crippen molar-refractivity contribution in [2.45, 2.75) is 38.8 Å². The van der Waals surface area contributed by atoms with E-state index in [1.165, 1.54) is 0 Å². The predicted molar refractivity (Wildman–Crippen MR) is 60.8 cm³/mol. The van der Waals surface area contributed by atoms with E-state index in [1.54, 1.807) is 13.4 Å². The summed E-state index contributed by atoms with van der Waals surface area (Å²) in [5, 5.41) is 3.44. The van der Waals surface area contributed by atoms with E-state index in [1.807, 2.05) is 12.1 Å². The minimum absolute atomic E-state index is 0.139. The highest BCUT2D eigenvalue weighted by Gasteiger charge is 2.19. The van der Waals surface area contributed by atoms with Crippen LogP contribution in [0.1, 0.15) is 39.0 Å². The third kappa shape index (κ3) is 3.68. The second kappa shape index (κ2) is 5.33. The molecule has 1 rings (SSSR count). The third-order valence-electron chi connectivity index (χ3n) is 2.62. The Balaban J connectivity index is 2.49. The molecule has 1 N–H and O–H groups in total. The Morgan fingerprint density at radius 2 is 2.27 bits per heavy atom. The van der Waals surface area contributed by atoms with Crippen LogP contribution in [-0.4, -0.2) is 19.3 Å². The topological polar surface area (TPSA) is 34.4 Å². The van der Waals surface area contributed by atoms with Crippen molar-refractivity contribution in [2.24, 2.45) is 0 Å². The summed E-state index contributed by atoms with van der Waals surface area (Å²) >= 11 is 0. The first-order valence-electron chi connectivity index (χ1n) is 5.41. The number of furan rings is 1. The van der Waals surface area contributed by atoms with E-state index >= 15 is 0 Å². The Kier molecular flexibility index (Phi) is 4.36. The van der Waals surface area contributed by atoms with Gasteiger partial charge < -0.3 is 14.5 Å². The molecule has 0 aliphatic rings. The summed E-state index contributed by atoms with van der Waals surface area (Å²) < 4.78 is 10.7. The first-order chi connectivity index (χ1) is 7.09. The normalized spacial score (nSPS) is 14.1. The molecule has 0 amide bonds. The number of hydrogen-bond donors (Lipinski definition) is 1. The van der Waals surface area contributed by atoms with Crippen LogP contribution in [0.3, 0.4) is 0 Å². The maximum atomic E-state index is 5.38. The summed E-state index contributed by atoms with van der Waals surface area (Å²) in [6, 6.07) is 4.19. The van der Waals surface area contributed by atoms with E-state index in [4.69, 9.17) is 9.15 Å². The van der Waals surface area contributed by atoms with Crippen LogP contribution in [0.2, 0.25) is 0 Å². The van der Waals surface area contributed by atoms with Gasteiger partial charge >= 0.3 is 0 Å². The van der Waals surface area contributed by atoms with Crippen molar-refractivity contribution in [1.29, 1.82) is 0 Å². The minimum Gasteiger partial charge on any atom is -0.468 e. The molecule has 0 aromatic carbocycles. The monoisotopic (exact) mass is 211 g/mol. The SMILES string of the molecule is CCC(NCC(C)(C)OC)c1ccco1. The minimum atomic E-state index is -0.139. The number of hydrogen-bond acceptors (Lipinski definition) is 3. The second-order valence-corrected chi connectivity index (χ2v) is 4.32. The highest BCUT2D eigenvalue weighted by atomic mass is 16.5. The maximum Gasteiger partial charge on any atom is 0.120 e. The van der Waals surface area contributed by atoms with Gasteiger partial charge in [0.1, 0.15) is 5.76 Å². The van der Waals surface area contributed by atoms with Crippen molar-refractivity contribution in [3.63, 3.8) is 0 Å². The highest BCUT2D eigenvalue weighted by molar-refractivity contribution is 5.04. The Morgan fingerprint density at radius 1 is 1.53 bits per heavy atom. The van der Waals surface area contributed by atoms with Crippen LogP contribution in [0, 0.1) is 0 Å². The molecule has 0 spiro atoms. The van der Waals surface area contributed by atoms with Crippen LogP contribution in [0.4, 0.5) is 0 Å². The van der Waals surface area contributed by atoms with Gasteiger partial charge in [0, 0.05) is 13.7 Å². The van der Waals surface area contributed by atoms with Crippen LogP contribution in [0.5, 0.6) is 0 Å². The van der Waals surface area contributed by atoms with Crippen LogP contribution in [-0.2, 0) is 4.74 Å². The third-order valence-corrected chi connectivity index (χ3v) is 2.62. The molecule has 0 bridgehead atoms. The zero-order valence-electron chi connectivity index (χ0n) is 10.0. The summed E-state index contributed by atoms with van der Waals surface area (Å²) in [6.07, 6.45) is 2.72. The summed E-state index contributed by atoms with van der Waals surface area (Å²) in [5.74, 6) is 0.990. The van der Waals surface area contributed by atoms with Crippen molar-refractivity contribution >= 4 is 0 Å². The average molecular weight is 211 g/mol. The predicted octanol–water partition coefficient (Wildman–Crippen LogP) is 2.75. The highest BCUT2D eigenvalue weighted by Crippen LogP contribution is 2.18. The lowest BCUT2D eigenvalue weighted by molar-refractivity contribution is 0.0204. The first kappa shape index (κ1) is 12.3. The molecule has 1 unspecified atom stereocenters. The Labute approximate surface area is 91.8 Å². The van der Waals surface area contributed by atoms with Crippen molar-refractivity contribution in [2.75, 3.05) is 13.7 Å². The van der Waals surface area contributed by atoms with Gasteiger partial charge in [-0.05, 0) is 32.4 Å². The number of ether oxygens (including phenoxy) is 1. The molecule has 3 heteroatoms. The van der Waals surface area contributed by atoms with Gasteiger partial charge in [-0.1, -0.05) is 6.92 Å². The van der Waals surface area contributed by atoms with E-state index in [9.17, 15) is 0 Å². The molecule has 0 saturated carbocycles. The molecular formula is C12H21NO2. The van der Waals surface area contributed by atoms with Gasteiger partial charge in [-0.3, -0.25) is 0 Å². The number of methoxy groups -OCH3 is 1. The van der Waals surface area contributed by atoms with Crippen LogP contribution in [0.25, 0.3) is 0 Å². The molecule has 0 radical (unpaired) electrons.